The van der Waals surface area contributed by atoms with Crippen molar-refractivity contribution in [2.24, 2.45) is 4.99 Å². The van der Waals surface area contributed by atoms with Gasteiger partial charge < -0.3 is 25.2 Å². The van der Waals surface area contributed by atoms with E-state index >= 15 is 0 Å². The number of nitrogens with one attached hydrogen (secondary N) is 2. The lowest BCUT2D eigenvalue weighted by atomic mass is 10.2. The summed E-state index contributed by atoms with van der Waals surface area (Å²) in [5.41, 5.74) is 1.70. The van der Waals surface area contributed by atoms with Crippen LogP contribution in [-0.4, -0.2) is 62.6 Å². The topological polar surface area (TPSA) is 69.2 Å². The maximum atomic E-state index is 12.7. The van der Waals surface area contributed by atoms with Gasteiger partial charge in [-0.05, 0) is 25.1 Å². The van der Waals surface area contributed by atoms with Gasteiger partial charge in [0.05, 0.1) is 13.1 Å². The van der Waals surface area contributed by atoms with Crippen molar-refractivity contribution in [3.63, 3.8) is 0 Å². The molecule has 1 amide bonds. The molecule has 1 aliphatic heterocycles. The Bertz CT molecular complexity index is 893. The number of benzene rings is 2. The van der Waals surface area contributed by atoms with Gasteiger partial charge in [-0.1, -0.05) is 36.4 Å². The van der Waals surface area contributed by atoms with Crippen LogP contribution in [0.25, 0.3) is 0 Å². The molecule has 1 fully saturated rings. The molecule has 1 heterocycles. The van der Waals surface area contributed by atoms with Crippen molar-refractivity contribution in [2.45, 2.75) is 20.1 Å². The molecule has 180 valence electrons. The number of aliphatic imine (C=N–C) groups is 1. The van der Waals surface area contributed by atoms with E-state index in [0.29, 0.717) is 31.2 Å². The summed E-state index contributed by atoms with van der Waals surface area (Å²) >= 11 is 0. The molecule has 0 bridgehead atoms. The SMILES string of the molecule is CCNC(=NCc1ccccc1OC(F)F)NCC(=O)N1CCN(c2ccccc2)CC1.I. The van der Waals surface area contributed by atoms with Crippen molar-refractivity contribution in [3.8, 4) is 5.75 Å². The Labute approximate surface area is 210 Å². The second-order valence-electron chi connectivity index (χ2n) is 7.24. The maximum absolute atomic E-state index is 12.7. The van der Waals surface area contributed by atoms with E-state index in [1.54, 1.807) is 18.2 Å². The summed E-state index contributed by atoms with van der Waals surface area (Å²) in [6.45, 7) is 2.74. The average molecular weight is 573 g/mol. The van der Waals surface area contributed by atoms with Crippen molar-refractivity contribution in [1.82, 2.24) is 15.5 Å². The Balaban J connectivity index is 0.00000385. The van der Waals surface area contributed by atoms with Crippen molar-refractivity contribution in [1.29, 1.82) is 0 Å². The minimum Gasteiger partial charge on any atom is -0.434 e. The van der Waals surface area contributed by atoms with E-state index in [9.17, 15) is 13.6 Å². The first-order chi connectivity index (χ1) is 15.6. The van der Waals surface area contributed by atoms with Crippen LogP contribution < -0.4 is 20.3 Å². The molecule has 10 heteroatoms. The molecule has 0 radical (unpaired) electrons. The van der Waals surface area contributed by atoms with Gasteiger partial charge in [-0.2, -0.15) is 8.78 Å². The van der Waals surface area contributed by atoms with E-state index in [-0.39, 0.29) is 48.7 Å². The lowest BCUT2D eigenvalue weighted by Crippen LogP contribution is -2.52. The average Bonchev–Trinajstić information content (AvgIpc) is 2.82. The zero-order chi connectivity index (χ0) is 22.8. The number of piperazine rings is 1. The van der Waals surface area contributed by atoms with Crippen LogP contribution in [0.15, 0.2) is 59.6 Å². The fourth-order valence-corrected chi connectivity index (χ4v) is 3.48. The zero-order valence-corrected chi connectivity index (χ0v) is 20.9. The van der Waals surface area contributed by atoms with Crippen LogP contribution in [0.3, 0.4) is 0 Å². The molecule has 0 aromatic heterocycles. The number of anilines is 1. The highest BCUT2D eigenvalue weighted by Gasteiger charge is 2.21. The fourth-order valence-electron chi connectivity index (χ4n) is 3.48. The second-order valence-corrected chi connectivity index (χ2v) is 7.24. The molecule has 1 saturated heterocycles. The molecular weight excluding hydrogens is 543 g/mol. The molecule has 0 spiro atoms. The van der Waals surface area contributed by atoms with Gasteiger partial charge in [-0.15, -0.1) is 24.0 Å². The molecule has 0 aliphatic carbocycles. The fraction of sp³-hybridized carbons (Fsp3) is 0.391. The van der Waals surface area contributed by atoms with Crippen LogP contribution in [0, 0.1) is 0 Å². The summed E-state index contributed by atoms with van der Waals surface area (Å²) in [6, 6.07) is 16.7. The van der Waals surface area contributed by atoms with Crippen molar-refractivity contribution < 1.29 is 18.3 Å². The van der Waals surface area contributed by atoms with Crippen LogP contribution in [-0.2, 0) is 11.3 Å². The summed E-state index contributed by atoms with van der Waals surface area (Å²) in [4.78, 5) is 21.2. The number of para-hydroxylation sites is 2. The lowest BCUT2D eigenvalue weighted by Gasteiger charge is -2.36. The van der Waals surface area contributed by atoms with Crippen LogP contribution in [0.5, 0.6) is 5.75 Å². The molecule has 1 aliphatic rings. The number of amides is 1. The maximum Gasteiger partial charge on any atom is 0.387 e. The quantitative estimate of drug-likeness (QED) is 0.288. The molecule has 0 unspecified atom stereocenters. The third-order valence-electron chi connectivity index (χ3n) is 5.10. The van der Waals surface area contributed by atoms with Gasteiger partial charge in [-0.25, -0.2) is 4.99 Å². The normalized spacial score (nSPS) is 14.0. The van der Waals surface area contributed by atoms with Crippen LogP contribution in [0.1, 0.15) is 12.5 Å². The number of alkyl halides is 2. The molecule has 33 heavy (non-hydrogen) atoms. The highest BCUT2D eigenvalue weighted by molar-refractivity contribution is 14.0. The summed E-state index contributed by atoms with van der Waals surface area (Å²) in [6.07, 6.45) is 0. The number of halogens is 3. The van der Waals surface area contributed by atoms with E-state index in [2.05, 4.69) is 37.4 Å². The van der Waals surface area contributed by atoms with Crippen molar-refractivity contribution in [2.75, 3.05) is 44.2 Å². The van der Waals surface area contributed by atoms with Crippen molar-refractivity contribution >= 4 is 41.5 Å². The molecule has 3 rings (SSSR count). The van der Waals surface area contributed by atoms with Crippen LogP contribution in [0.4, 0.5) is 14.5 Å². The Morgan fingerprint density at radius 1 is 1.03 bits per heavy atom. The highest BCUT2D eigenvalue weighted by atomic mass is 127. The first kappa shape index (κ1) is 26.6. The minimum atomic E-state index is -2.90. The largest absolute Gasteiger partial charge is 0.434 e. The summed E-state index contributed by atoms with van der Waals surface area (Å²) < 4.78 is 29.7. The monoisotopic (exact) mass is 573 g/mol. The number of carbonyl (C=O) groups excluding carboxylic acids is 1. The standard InChI is InChI=1S/C23H29F2N5O2.HI/c1-2-26-23(27-16-18-8-6-7-11-20(18)32-22(24)25)28-17-21(31)30-14-12-29(13-15-30)19-9-4-3-5-10-19;/h3-11,22H,2,12-17H2,1H3,(H2,26,27,28);1H. The minimum absolute atomic E-state index is 0. The van der Waals surface area contributed by atoms with Crippen LogP contribution >= 0.6 is 24.0 Å². The van der Waals surface area contributed by atoms with Gasteiger partial charge in [0.2, 0.25) is 5.91 Å². The first-order valence-electron chi connectivity index (χ1n) is 10.7. The number of ether oxygens (including phenoxy) is 1. The third kappa shape index (κ3) is 8.34. The number of hydrogen-bond acceptors (Lipinski definition) is 4. The van der Waals surface area contributed by atoms with Crippen molar-refractivity contribution in [3.05, 3.63) is 60.2 Å². The Morgan fingerprint density at radius 2 is 1.70 bits per heavy atom. The summed E-state index contributed by atoms with van der Waals surface area (Å²) in [5.74, 6) is 0.523. The molecule has 2 N–H and O–H groups in total. The first-order valence-corrected chi connectivity index (χ1v) is 10.7. The highest BCUT2D eigenvalue weighted by Crippen LogP contribution is 2.21. The van der Waals surface area contributed by atoms with E-state index < -0.39 is 6.61 Å². The molecular formula is C23H30F2IN5O2. The van der Waals surface area contributed by atoms with Gasteiger partial charge in [0, 0.05) is 44.0 Å². The number of hydrogen-bond donors (Lipinski definition) is 2. The Kier molecular flexibility index (Phi) is 11.1. The molecule has 2 aromatic rings. The molecule has 0 atom stereocenters. The van der Waals surface area contributed by atoms with E-state index in [0.717, 1.165) is 18.8 Å². The van der Waals surface area contributed by atoms with Gasteiger partial charge >= 0.3 is 6.61 Å². The smallest absolute Gasteiger partial charge is 0.387 e. The Hall–Kier alpha value is -2.63. The lowest BCUT2D eigenvalue weighted by molar-refractivity contribution is -0.130. The second kappa shape index (κ2) is 13.8. The van der Waals surface area contributed by atoms with E-state index in [1.165, 1.54) is 6.07 Å². The number of rotatable bonds is 8. The summed E-state index contributed by atoms with van der Waals surface area (Å²) in [7, 11) is 0. The van der Waals surface area contributed by atoms with Gasteiger partial charge in [-0.3, -0.25) is 4.79 Å². The van der Waals surface area contributed by atoms with Gasteiger partial charge in [0.25, 0.3) is 0 Å². The molecule has 7 nitrogen and oxygen atoms in total. The number of carbonyl (C=O) groups is 1. The predicted octanol–water partition coefficient (Wildman–Crippen LogP) is 3.31. The summed E-state index contributed by atoms with van der Waals surface area (Å²) in [5, 5.41) is 6.11. The Morgan fingerprint density at radius 3 is 2.36 bits per heavy atom. The molecule has 0 saturated carbocycles. The third-order valence-corrected chi connectivity index (χ3v) is 5.10. The van der Waals surface area contributed by atoms with Crippen LogP contribution in [0.2, 0.25) is 0 Å². The molecule has 2 aromatic carbocycles. The number of nitrogens with zero attached hydrogens (tertiary/aromatic N) is 3. The van der Waals surface area contributed by atoms with Gasteiger partial charge in [0.1, 0.15) is 5.75 Å². The zero-order valence-electron chi connectivity index (χ0n) is 18.5. The van der Waals surface area contributed by atoms with Gasteiger partial charge in [0.15, 0.2) is 5.96 Å². The van der Waals surface area contributed by atoms with E-state index in [1.807, 2.05) is 30.0 Å². The number of guanidine groups is 1. The van der Waals surface area contributed by atoms with E-state index in [4.69, 9.17) is 0 Å². The predicted molar refractivity (Wildman–Crippen MR) is 137 cm³/mol.